The maximum Gasteiger partial charge on any atom is 0.355 e. The molecule has 1 saturated carbocycles. The van der Waals surface area contributed by atoms with Crippen molar-refractivity contribution in [2.24, 2.45) is 7.05 Å². The van der Waals surface area contributed by atoms with Crippen molar-refractivity contribution in [2.75, 3.05) is 6.61 Å². The molecular formula is C22H28N2O2. The number of ether oxygens (including phenoxy) is 1. The van der Waals surface area contributed by atoms with Gasteiger partial charge in [-0.15, -0.1) is 0 Å². The first-order valence-corrected chi connectivity index (χ1v) is 9.52. The van der Waals surface area contributed by atoms with E-state index in [1.807, 2.05) is 26.0 Å². The molecule has 0 aliphatic heterocycles. The van der Waals surface area contributed by atoms with Crippen LogP contribution in [0.4, 0.5) is 0 Å². The van der Waals surface area contributed by atoms with Crippen molar-refractivity contribution in [1.82, 2.24) is 4.57 Å². The lowest BCUT2D eigenvalue weighted by molar-refractivity contribution is 0.0516. The molecule has 1 aliphatic rings. The van der Waals surface area contributed by atoms with Crippen LogP contribution in [0.25, 0.3) is 11.1 Å². The van der Waals surface area contributed by atoms with Gasteiger partial charge in [0.05, 0.1) is 12.2 Å². The van der Waals surface area contributed by atoms with Crippen LogP contribution in [-0.2, 0) is 11.8 Å². The van der Waals surface area contributed by atoms with Gasteiger partial charge >= 0.3 is 5.97 Å². The molecule has 1 aromatic heterocycles. The van der Waals surface area contributed by atoms with Gasteiger partial charge in [0.2, 0.25) is 0 Å². The summed E-state index contributed by atoms with van der Waals surface area (Å²) in [7, 11) is 1.77. The summed E-state index contributed by atoms with van der Waals surface area (Å²) in [6.07, 6.45) is 6.80. The highest BCUT2D eigenvalue weighted by molar-refractivity contribution is 5.97. The van der Waals surface area contributed by atoms with Crippen LogP contribution in [0.2, 0.25) is 0 Å². The lowest BCUT2D eigenvalue weighted by Crippen LogP contribution is -2.10. The number of hydrogen-bond donors (Lipinski definition) is 0. The fourth-order valence-corrected chi connectivity index (χ4v) is 3.63. The first-order valence-electron chi connectivity index (χ1n) is 9.52. The van der Waals surface area contributed by atoms with E-state index in [9.17, 15) is 10.1 Å². The highest BCUT2D eigenvalue weighted by atomic mass is 16.5. The third-order valence-corrected chi connectivity index (χ3v) is 4.80. The van der Waals surface area contributed by atoms with Gasteiger partial charge in [0.25, 0.3) is 0 Å². The standard InChI is InChI=1S/C20H22N2O2.C2H6/c1-3-24-20(23)19-18(17(12-21)13-22(19)2)16-10-8-15(9-11-16)14-6-4-5-7-14;1-2/h8-11,13-14H,3-7H2,1-2H3;1-2H3. The summed E-state index contributed by atoms with van der Waals surface area (Å²) in [6, 6.07) is 10.5. The minimum Gasteiger partial charge on any atom is -0.461 e. The Morgan fingerprint density at radius 2 is 1.85 bits per heavy atom. The van der Waals surface area contributed by atoms with Crippen LogP contribution in [-0.4, -0.2) is 17.1 Å². The number of esters is 1. The predicted molar refractivity (Wildman–Crippen MR) is 104 cm³/mol. The summed E-state index contributed by atoms with van der Waals surface area (Å²) in [4.78, 5) is 12.3. The van der Waals surface area contributed by atoms with E-state index in [2.05, 4.69) is 18.2 Å². The highest BCUT2D eigenvalue weighted by Crippen LogP contribution is 2.36. The molecule has 1 fully saturated rings. The van der Waals surface area contributed by atoms with Crippen molar-refractivity contribution in [3.8, 4) is 17.2 Å². The van der Waals surface area contributed by atoms with Crippen molar-refractivity contribution >= 4 is 5.97 Å². The molecule has 2 aromatic rings. The SMILES string of the molecule is CC.CCOC(=O)c1c(-c2ccc(C3CCCC3)cc2)c(C#N)cn1C. The number of benzene rings is 1. The molecule has 0 radical (unpaired) electrons. The van der Waals surface area contributed by atoms with Crippen molar-refractivity contribution in [3.05, 3.63) is 47.3 Å². The van der Waals surface area contributed by atoms with Crippen LogP contribution in [0.15, 0.2) is 30.5 Å². The molecule has 0 bridgehead atoms. The molecule has 0 amide bonds. The monoisotopic (exact) mass is 352 g/mol. The number of hydrogen-bond acceptors (Lipinski definition) is 3. The lowest BCUT2D eigenvalue weighted by atomic mass is 9.94. The van der Waals surface area contributed by atoms with Crippen LogP contribution in [0.1, 0.15) is 74.0 Å². The molecule has 0 N–H and O–H groups in total. The van der Waals surface area contributed by atoms with Crippen LogP contribution in [0.3, 0.4) is 0 Å². The molecule has 1 aromatic carbocycles. The Bertz CT molecular complexity index is 776. The zero-order valence-electron chi connectivity index (χ0n) is 16.2. The second-order valence-corrected chi connectivity index (χ2v) is 6.31. The van der Waals surface area contributed by atoms with Gasteiger partial charge in [0, 0.05) is 18.8 Å². The maximum absolute atomic E-state index is 12.3. The maximum atomic E-state index is 12.3. The molecule has 3 rings (SSSR count). The van der Waals surface area contributed by atoms with Gasteiger partial charge in [-0.25, -0.2) is 4.79 Å². The summed E-state index contributed by atoms with van der Waals surface area (Å²) >= 11 is 0. The first-order chi connectivity index (χ1) is 12.7. The van der Waals surface area contributed by atoms with Gasteiger partial charge in [-0.2, -0.15) is 5.26 Å². The molecule has 0 unspecified atom stereocenters. The van der Waals surface area contributed by atoms with Crippen molar-refractivity contribution in [1.29, 1.82) is 5.26 Å². The van der Waals surface area contributed by atoms with E-state index in [1.54, 1.807) is 24.7 Å². The van der Waals surface area contributed by atoms with Crippen LogP contribution >= 0.6 is 0 Å². The number of carbonyl (C=O) groups excluding carboxylic acids is 1. The Kier molecular flexibility index (Phi) is 7.03. The van der Waals surface area contributed by atoms with E-state index in [0.717, 1.165) is 5.56 Å². The van der Waals surface area contributed by atoms with Gasteiger partial charge in [-0.3, -0.25) is 0 Å². The number of aromatic nitrogens is 1. The molecular weight excluding hydrogens is 324 g/mol. The van der Waals surface area contributed by atoms with Crippen LogP contribution < -0.4 is 0 Å². The normalized spacial score (nSPS) is 13.7. The van der Waals surface area contributed by atoms with Gasteiger partial charge in [-0.1, -0.05) is 51.0 Å². The molecule has 26 heavy (non-hydrogen) atoms. The van der Waals surface area contributed by atoms with Crippen LogP contribution in [0, 0.1) is 11.3 Å². The molecule has 1 heterocycles. The molecule has 4 heteroatoms. The predicted octanol–water partition coefficient (Wildman–Crippen LogP) is 5.42. The smallest absolute Gasteiger partial charge is 0.355 e. The minimum atomic E-state index is -0.392. The second-order valence-electron chi connectivity index (χ2n) is 6.31. The zero-order valence-corrected chi connectivity index (χ0v) is 16.2. The van der Waals surface area contributed by atoms with Crippen LogP contribution in [0.5, 0.6) is 0 Å². The Morgan fingerprint density at radius 3 is 2.38 bits per heavy atom. The number of carbonyl (C=O) groups is 1. The minimum absolute atomic E-state index is 0.311. The number of rotatable bonds is 4. The van der Waals surface area contributed by atoms with E-state index >= 15 is 0 Å². The second kappa shape index (κ2) is 9.24. The zero-order chi connectivity index (χ0) is 19.1. The average Bonchev–Trinajstić information content (AvgIpc) is 3.31. The summed E-state index contributed by atoms with van der Waals surface area (Å²) < 4.78 is 6.84. The van der Waals surface area contributed by atoms with E-state index < -0.39 is 5.97 Å². The summed E-state index contributed by atoms with van der Waals surface area (Å²) in [5, 5.41) is 9.44. The van der Waals surface area contributed by atoms with E-state index in [0.29, 0.717) is 29.3 Å². The number of aryl methyl sites for hydroxylation is 1. The van der Waals surface area contributed by atoms with E-state index in [1.165, 1.54) is 31.2 Å². The number of nitriles is 1. The summed E-state index contributed by atoms with van der Waals surface area (Å²) in [5.41, 5.74) is 3.83. The van der Waals surface area contributed by atoms with Gasteiger partial charge in [0.15, 0.2) is 0 Å². The third kappa shape index (κ3) is 3.99. The molecule has 0 saturated heterocycles. The topological polar surface area (TPSA) is 55.0 Å². The highest BCUT2D eigenvalue weighted by Gasteiger charge is 2.23. The molecule has 138 valence electrons. The van der Waals surface area contributed by atoms with Crippen molar-refractivity contribution < 1.29 is 9.53 Å². The Balaban J connectivity index is 0.00000117. The largest absolute Gasteiger partial charge is 0.461 e. The van der Waals surface area contributed by atoms with Gasteiger partial charge in [0.1, 0.15) is 11.8 Å². The molecule has 4 nitrogen and oxygen atoms in total. The summed E-state index contributed by atoms with van der Waals surface area (Å²) in [5.74, 6) is 0.256. The Morgan fingerprint density at radius 1 is 1.23 bits per heavy atom. The average molecular weight is 352 g/mol. The third-order valence-electron chi connectivity index (χ3n) is 4.80. The Labute approximate surface area is 156 Å². The first kappa shape index (κ1) is 19.8. The fraction of sp³-hybridized carbons (Fsp3) is 0.455. The van der Waals surface area contributed by atoms with Crippen molar-refractivity contribution in [2.45, 2.75) is 52.4 Å². The van der Waals surface area contributed by atoms with Gasteiger partial charge < -0.3 is 9.30 Å². The quantitative estimate of drug-likeness (QED) is 0.690. The fourth-order valence-electron chi connectivity index (χ4n) is 3.63. The number of nitrogens with zero attached hydrogens (tertiary/aromatic N) is 2. The molecule has 0 spiro atoms. The lowest BCUT2D eigenvalue weighted by Gasteiger charge is -2.11. The van der Waals surface area contributed by atoms with E-state index in [-0.39, 0.29) is 0 Å². The molecule has 0 atom stereocenters. The summed E-state index contributed by atoms with van der Waals surface area (Å²) in [6.45, 7) is 6.09. The van der Waals surface area contributed by atoms with Crippen molar-refractivity contribution in [3.63, 3.8) is 0 Å². The molecule has 1 aliphatic carbocycles. The Hall–Kier alpha value is -2.54. The van der Waals surface area contributed by atoms with E-state index in [4.69, 9.17) is 4.74 Å². The van der Waals surface area contributed by atoms with Gasteiger partial charge in [-0.05, 0) is 36.8 Å².